The van der Waals surface area contributed by atoms with Gasteiger partial charge in [-0.2, -0.15) is 0 Å². The average Bonchev–Trinajstić information content (AvgIpc) is 3.28. The number of imidazole rings is 2. The molecule has 0 saturated heterocycles. The minimum Gasteiger partial charge on any atom is -0.352 e. The van der Waals surface area contributed by atoms with Crippen LogP contribution in [0, 0.1) is 6.07 Å². The average molecular weight is 550 g/mol. The van der Waals surface area contributed by atoms with E-state index in [1.165, 1.54) is 16.8 Å². The predicted molar refractivity (Wildman–Crippen MR) is 110 cm³/mol. The van der Waals surface area contributed by atoms with Gasteiger partial charge >= 0.3 is 0 Å². The molecule has 0 aliphatic rings. The Morgan fingerprint density at radius 1 is 0.964 bits per heavy atom. The molecule has 4 aromatic rings. The quantitative estimate of drug-likeness (QED) is 0.317. The fraction of sp³-hybridized carbons (Fsp3) is 0.304. The van der Waals surface area contributed by atoms with Gasteiger partial charge in [-0.15, -0.1) is 18.2 Å². The van der Waals surface area contributed by atoms with Gasteiger partial charge < -0.3 is 9.13 Å². The molecule has 0 unspecified atom stereocenters. The Morgan fingerprint density at radius 2 is 1.64 bits per heavy atom. The van der Waals surface area contributed by atoms with Crippen LogP contribution in [0.4, 0.5) is 0 Å². The predicted octanol–water partition coefficient (Wildman–Crippen LogP) is 5.47. The van der Waals surface area contributed by atoms with E-state index in [4.69, 9.17) is 4.98 Å². The second-order valence-corrected chi connectivity index (χ2v) is 7.66. The van der Waals surface area contributed by atoms with E-state index in [-0.39, 0.29) is 20.1 Å². The standard InChI is InChI=1S/C23H25N4.Ir/c1-15(2)17-8-6-9-18(16(3)4)22(17)27-13-12-24-23(27)19-10-7-11-20-21(19)25-14-26(20)5;/h6-9,11-16H,1-5H3;/q-1;. The zero-order chi connectivity index (χ0) is 19.1. The van der Waals surface area contributed by atoms with Crippen LogP contribution in [0.25, 0.3) is 28.1 Å². The second kappa shape index (κ2) is 8.02. The third-order valence-electron chi connectivity index (χ3n) is 5.14. The van der Waals surface area contributed by atoms with Gasteiger partial charge in [0.1, 0.15) is 0 Å². The van der Waals surface area contributed by atoms with E-state index in [2.05, 4.69) is 67.7 Å². The number of aryl methyl sites for hydroxylation is 1. The fourth-order valence-electron chi connectivity index (χ4n) is 3.73. The molecule has 0 aliphatic carbocycles. The molecule has 2 heterocycles. The van der Waals surface area contributed by atoms with E-state index in [0.717, 1.165) is 22.4 Å². The first-order valence-corrected chi connectivity index (χ1v) is 9.47. The van der Waals surface area contributed by atoms with Crippen molar-refractivity contribution in [3.05, 3.63) is 66.2 Å². The van der Waals surface area contributed by atoms with Crippen LogP contribution in [-0.4, -0.2) is 19.1 Å². The van der Waals surface area contributed by atoms with E-state index in [1.54, 1.807) is 0 Å². The molecule has 0 bridgehead atoms. The molecule has 0 amide bonds. The van der Waals surface area contributed by atoms with Crippen LogP contribution >= 0.6 is 0 Å². The molecule has 5 heteroatoms. The van der Waals surface area contributed by atoms with Crippen molar-refractivity contribution >= 4 is 11.0 Å². The Hall–Kier alpha value is -2.23. The zero-order valence-corrected chi connectivity index (χ0v) is 19.3. The van der Waals surface area contributed by atoms with Crippen molar-refractivity contribution in [1.82, 2.24) is 19.1 Å². The van der Waals surface area contributed by atoms with E-state index in [1.807, 2.05) is 36.3 Å². The zero-order valence-electron chi connectivity index (χ0n) is 16.9. The maximum absolute atomic E-state index is 4.71. The minimum absolute atomic E-state index is 0. The Morgan fingerprint density at radius 3 is 2.29 bits per heavy atom. The van der Waals surface area contributed by atoms with Gasteiger partial charge in [0.05, 0.1) is 12.2 Å². The molecule has 2 aromatic heterocycles. The van der Waals surface area contributed by atoms with Crippen LogP contribution in [0.3, 0.4) is 0 Å². The largest absolute Gasteiger partial charge is 0.352 e. The van der Waals surface area contributed by atoms with E-state index < -0.39 is 0 Å². The van der Waals surface area contributed by atoms with Gasteiger partial charge in [-0.1, -0.05) is 51.5 Å². The van der Waals surface area contributed by atoms with Gasteiger partial charge in [-0.05, 0) is 28.5 Å². The van der Waals surface area contributed by atoms with E-state index in [9.17, 15) is 0 Å². The van der Waals surface area contributed by atoms with Crippen molar-refractivity contribution in [2.24, 2.45) is 7.05 Å². The summed E-state index contributed by atoms with van der Waals surface area (Å²) < 4.78 is 4.24. The minimum atomic E-state index is 0. The topological polar surface area (TPSA) is 35.6 Å². The number of aromatic nitrogens is 4. The molecule has 28 heavy (non-hydrogen) atoms. The first kappa shape index (κ1) is 20.5. The van der Waals surface area contributed by atoms with Crippen LogP contribution in [0.5, 0.6) is 0 Å². The molecule has 0 aliphatic heterocycles. The van der Waals surface area contributed by atoms with Crippen molar-refractivity contribution in [3.8, 4) is 17.1 Å². The molecule has 0 fully saturated rings. The maximum atomic E-state index is 4.71. The first-order valence-electron chi connectivity index (χ1n) is 9.47. The molecule has 147 valence electrons. The summed E-state index contributed by atoms with van der Waals surface area (Å²) in [6.07, 6.45) is 5.76. The Bertz CT molecular complexity index is 1080. The molecule has 0 N–H and O–H groups in total. The summed E-state index contributed by atoms with van der Waals surface area (Å²) in [6.45, 7) is 8.96. The summed E-state index contributed by atoms with van der Waals surface area (Å²) in [5.74, 6) is 1.72. The van der Waals surface area contributed by atoms with Gasteiger partial charge in [0.15, 0.2) is 0 Å². The van der Waals surface area contributed by atoms with Crippen molar-refractivity contribution < 1.29 is 20.1 Å². The van der Waals surface area contributed by atoms with Crippen LogP contribution in [0.15, 0.2) is 49.1 Å². The number of rotatable bonds is 4. The molecule has 0 atom stereocenters. The van der Waals surface area contributed by atoms with Crippen LogP contribution in [0.2, 0.25) is 0 Å². The van der Waals surface area contributed by atoms with Gasteiger partial charge in [0.2, 0.25) is 0 Å². The molecule has 0 spiro atoms. The van der Waals surface area contributed by atoms with Gasteiger partial charge in [-0.25, -0.2) is 0 Å². The van der Waals surface area contributed by atoms with Crippen molar-refractivity contribution in [2.45, 2.75) is 39.5 Å². The Labute approximate surface area is 180 Å². The first-order chi connectivity index (χ1) is 13.0. The van der Waals surface area contributed by atoms with Gasteiger partial charge in [-0.3, -0.25) is 9.97 Å². The summed E-state index contributed by atoms with van der Waals surface area (Å²) in [5, 5.41) is 0. The molecule has 2 aromatic carbocycles. The summed E-state index contributed by atoms with van der Waals surface area (Å²) >= 11 is 0. The number of benzene rings is 2. The number of hydrogen-bond donors (Lipinski definition) is 0. The second-order valence-electron chi connectivity index (χ2n) is 7.66. The summed E-state index contributed by atoms with van der Waals surface area (Å²) in [6, 6.07) is 14.0. The third-order valence-corrected chi connectivity index (χ3v) is 5.14. The van der Waals surface area contributed by atoms with Gasteiger partial charge in [0, 0.05) is 50.8 Å². The fourth-order valence-corrected chi connectivity index (χ4v) is 3.73. The normalized spacial score (nSPS) is 11.4. The molecular weight excluding hydrogens is 524 g/mol. The number of para-hydroxylation sites is 1. The number of hydrogen-bond acceptors (Lipinski definition) is 2. The van der Waals surface area contributed by atoms with E-state index >= 15 is 0 Å². The van der Waals surface area contributed by atoms with Crippen molar-refractivity contribution in [2.75, 3.05) is 0 Å². The summed E-state index contributed by atoms with van der Waals surface area (Å²) in [7, 11) is 2.01. The maximum Gasteiger partial charge on any atom is 0.0833 e. The number of nitrogens with zero attached hydrogens (tertiary/aromatic N) is 4. The summed E-state index contributed by atoms with van der Waals surface area (Å²) in [5.41, 5.74) is 6.84. The molecule has 0 saturated carbocycles. The Balaban J connectivity index is 0.00000225. The van der Waals surface area contributed by atoms with Gasteiger partial charge in [0.25, 0.3) is 0 Å². The van der Waals surface area contributed by atoms with Crippen molar-refractivity contribution in [1.29, 1.82) is 0 Å². The molecular formula is C23H25IrN4-. The van der Waals surface area contributed by atoms with Crippen LogP contribution in [-0.2, 0) is 27.2 Å². The Kier molecular flexibility index (Phi) is 5.87. The van der Waals surface area contributed by atoms with Crippen molar-refractivity contribution in [3.63, 3.8) is 0 Å². The molecule has 4 rings (SSSR count). The molecule has 4 nitrogen and oxygen atoms in total. The van der Waals surface area contributed by atoms with Crippen LogP contribution < -0.4 is 0 Å². The summed E-state index contributed by atoms with van der Waals surface area (Å²) in [4.78, 5) is 9.31. The van der Waals surface area contributed by atoms with Crippen LogP contribution in [0.1, 0.15) is 50.7 Å². The van der Waals surface area contributed by atoms with E-state index in [0.29, 0.717) is 11.8 Å². The monoisotopic (exact) mass is 550 g/mol. The third kappa shape index (κ3) is 3.34. The molecule has 1 radical (unpaired) electrons. The number of fused-ring (bicyclic) bond motifs is 1. The SMILES string of the molecule is CC(C)c1cccc(C(C)C)c1-n1ccnc1-c1[c-]ccc2c1ncn2C.[Ir]. The smallest absolute Gasteiger partial charge is 0.0833 e.